The van der Waals surface area contributed by atoms with Crippen LogP contribution < -0.4 is 4.57 Å². The molecule has 0 saturated heterocycles. The highest BCUT2D eigenvalue weighted by atomic mass is 16.3. The van der Waals surface area contributed by atoms with Crippen LogP contribution in [0.5, 0.6) is 5.75 Å². The molecule has 0 unspecified atom stereocenters. The lowest BCUT2D eigenvalue weighted by atomic mass is 9.78. The van der Waals surface area contributed by atoms with E-state index in [2.05, 4.69) is 275 Å². The first-order chi connectivity index (χ1) is 34.7. The fourth-order valence-corrected chi connectivity index (χ4v) is 10.7. The summed E-state index contributed by atoms with van der Waals surface area (Å²) in [5.41, 5.74) is 23.5. The maximum Gasteiger partial charge on any atom is 0.213 e. The molecule has 0 spiro atoms. The molecule has 0 aliphatic rings. The Kier molecular flexibility index (Phi) is 15.0. The van der Waals surface area contributed by atoms with Crippen LogP contribution in [0.4, 0.5) is 0 Å². The number of pyridine rings is 2. The number of phenols is 1. The van der Waals surface area contributed by atoms with Gasteiger partial charge in [-0.2, -0.15) is 4.57 Å². The number of aromatic nitrogens is 2. The van der Waals surface area contributed by atoms with E-state index in [4.69, 9.17) is 4.98 Å². The van der Waals surface area contributed by atoms with Gasteiger partial charge in [-0.3, -0.25) is 0 Å². The number of aromatic hydroxyl groups is 1. The second-order valence-electron chi connectivity index (χ2n) is 25.4. The summed E-state index contributed by atoms with van der Waals surface area (Å²) < 4.78 is 2.41. The van der Waals surface area contributed by atoms with E-state index in [1.165, 1.54) is 72.5 Å². The van der Waals surface area contributed by atoms with Gasteiger partial charge in [0.15, 0.2) is 0 Å². The van der Waals surface area contributed by atoms with Crippen LogP contribution in [-0.4, -0.2) is 10.1 Å². The van der Waals surface area contributed by atoms with Crippen molar-refractivity contribution in [1.82, 2.24) is 4.98 Å². The normalized spacial score (nSPS) is 12.5. The molecule has 0 amide bonds. The van der Waals surface area contributed by atoms with Crippen LogP contribution in [0.3, 0.4) is 0 Å². The van der Waals surface area contributed by atoms with Crippen LogP contribution in [0.1, 0.15) is 180 Å². The van der Waals surface area contributed by atoms with E-state index in [-0.39, 0.29) is 28.1 Å². The zero-order valence-corrected chi connectivity index (χ0v) is 48.0. The molecule has 0 saturated carbocycles. The Bertz CT molecular complexity index is 3270. The standard InChI is InChI=1S/C71H82N2O/c1-43(2)56-35-49(47-26-21-19-22-27-47)36-57(44(3)4)66(56)53-39-62(72-63(40-53)60-41-55(70(12,13)14)42-61(68(60)74)71(15,16)17)51-32-52(34-54(33-51)69(9,10)11)64-30-25-31-65(73(64)18)67-58(45(5)6)37-50(38-59(67)46(7)8)48-28-23-20-24-29-48/h19-46H,1-18H3/p+1. The predicted octanol–water partition coefficient (Wildman–Crippen LogP) is 19.7. The first-order valence-electron chi connectivity index (χ1n) is 27.3. The minimum Gasteiger partial charge on any atom is -0.507 e. The lowest BCUT2D eigenvalue weighted by Gasteiger charge is -2.28. The molecule has 0 atom stereocenters. The van der Waals surface area contributed by atoms with Gasteiger partial charge in [0, 0.05) is 34.4 Å². The summed E-state index contributed by atoms with van der Waals surface area (Å²) in [5, 5.41) is 12.6. The second kappa shape index (κ2) is 20.6. The SMILES string of the molecule is CC(C)c1cc(-c2ccccc2)cc(C(C)C)c1-c1cc(-c2cc(-c3cccc(-c4c(C(C)C)cc(-c5ccccc5)cc4C(C)C)[n+]3C)cc(C(C)(C)C)c2)nc(-c2cc(C(C)(C)C)cc(C(C)(C)C)c2O)c1. The van der Waals surface area contributed by atoms with Gasteiger partial charge in [0.2, 0.25) is 11.4 Å². The molecule has 0 fully saturated rings. The van der Waals surface area contributed by atoms with Crippen LogP contribution in [-0.2, 0) is 23.3 Å². The third-order valence-corrected chi connectivity index (χ3v) is 15.2. The number of rotatable bonds is 11. The first kappa shape index (κ1) is 53.7. The Labute approximate surface area is 445 Å². The van der Waals surface area contributed by atoms with Gasteiger partial charge in [-0.25, -0.2) is 4.98 Å². The van der Waals surface area contributed by atoms with Crippen molar-refractivity contribution >= 4 is 0 Å². The number of hydrogen-bond donors (Lipinski definition) is 1. The Morgan fingerprint density at radius 3 is 1.27 bits per heavy atom. The van der Waals surface area contributed by atoms with Crippen LogP contribution in [0, 0.1) is 0 Å². The molecule has 74 heavy (non-hydrogen) atoms. The molecule has 1 N–H and O–H groups in total. The topological polar surface area (TPSA) is 37.0 Å². The van der Waals surface area contributed by atoms with E-state index >= 15 is 0 Å². The molecule has 0 bridgehead atoms. The van der Waals surface area contributed by atoms with Crippen molar-refractivity contribution in [2.24, 2.45) is 7.05 Å². The number of phenolic OH excluding ortho intramolecular Hbond substituents is 1. The van der Waals surface area contributed by atoms with Crippen molar-refractivity contribution in [3.63, 3.8) is 0 Å². The highest BCUT2D eigenvalue weighted by Crippen LogP contribution is 2.47. The van der Waals surface area contributed by atoms with Crippen LogP contribution in [0.25, 0.3) is 78.4 Å². The second-order valence-corrected chi connectivity index (χ2v) is 25.4. The lowest BCUT2D eigenvalue weighted by Crippen LogP contribution is -2.34. The molecular weight excluding hydrogens is 897 g/mol. The lowest BCUT2D eigenvalue weighted by molar-refractivity contribution is -0.649. The van der Waals surface area contributed by atoms with Crippen LogP contribution in [0.15, 0.2) is 146 Å². The Hall–Kier alpha value is -6.58. The first-order valence-corrected chi connectivity index (χ1v) is 27.3. The van der Waals surface area contributed by atoms with Gasteiger partial charge in [-0.15, -0.1) is 0 Å². The van der Waals surface area contributed by atoms with Gasteiger partial charge in [0.25, 0.3) is 0 Å². The van der Waals surface area contributed by atoms with Gasteiger partial charge in [0.05, 0.1) is 17.0 Å². The molecule has 3 nitrogen and oxygen atoms in total. The third-order valence-electron chi connectivity index (χ3n) is 15.2. The summed E-state index contributed by atoms with van der Waals surface area (Å²) in [6, 6.07) is 54.2. The van der Waals surface area contributed by atoms with Gasteiger partial charge in [0.1, 0.15) is 12.8 Å². The molecular formula is C71H83N2O+. The highest BCUT2D eigenvalue weighted by Gasteiger charge is 2.30. The molecule has 2 aromatic heterocycles. The molecule has 3 heteroatoms. The average molecular weight is 980 g/mol. The van der Waals surface area contributed by atoms with Crippen molar-refractivity contribution in [3.05, 3.63) is 185 Å². The number of benzene rings is 6. The Morgan fingerprint density at radius 2 is 0.811 bits per heavy atom. The molecule has 0 radical (unpaired) electrons. The van der Waals surface area contributed by atoms with Crippen LogP contribution in [0.2, 0.25) is 0 Å². The minimum atomic E-state index is -0.306. The molecule has 382 valence electrons. The van der Waals surface area contributed by atoms with Gasteiger partial charge < -0.3 is 5.11 Å². The van der Waals surface area contributed by atoms with Crippen molar-refractivity contribution < 1.29 is 9.67 Å². The van der Waals surface area contributed by atoms with Gasteiger partial charge in [-0.1, -0.05) is 209 Å². The average Bonchev–Trinajstić information content (AvgIpc) is 3.34. The molecule has 2 heterocycles. The summed E-state index contributed by atoms with van der Waals surface area (Å²) in [6.07, 6.45) is 0. The maximum absolute atomic E-state index is 12.6. The minimum absolute atomic E-state index is 0.165. The number of nitrogens with zero attached hydrogens (tertiary/aromatic N) is 2. The van der Waals surface area contributed by atoms with E-state index in [9.17, 15) is 5.11 Å². The zero-order chi connectivity index (χ0) is 53.8. The van der Waals surface area contributed by atoms with Crippen molar-refractivity contribution in [3.8, 4) is 84.2 Å². The molecule has 8 rings (SSSR count). The van der Waals surface area contributed by atoms with E-state index in [0.29, 0.717) is 17.6 Å². The highest BCUT2D eigenvalue weighted by molar-refractivity contribution is 5.86. The van der Waals surface area contributed by atoms with Crippen molar-refractivity contribution in [2.75, 3.05) is 0 Å². The quantitative estimate of drug-likeness (QED) is 0.131. The summed E-state index contributed by atoms with van der Waals surface area (Å²) in [4.78, 5) is 5.69. The monoisotopic (exact) mass is 980 g/mol. The molecule has 6 aromatic carbocycles. The zero-order valence-electron chi connectivity index (χ0n) is 48.0. The fourth-order valence-electron chi connectivity index (χ4n) is 10.7. The molecule has 0 aliphatic heterocycles. The van der Waals surface area contributed by atoms with E-state index in [0.717, 1.165) is 44.9 Å². The number of hydrogen-bond acceptors (Lipinski definition) is 2. The summed E-state index contributed by atoms with van der Waals surface area (Å²) in [7, 11) is 2.24. The summed E-state index contributed by atoms with van der Waals surface area (Å²) in [5.74, 6) is 1.38. The third kappa shape index (κ3) is 11.0. The van der Waals surface area contributed by atoms with Crippen LogP contribution >= 0.6 is 0 Å². The van der Waals surface area contributed by atoms with Gasteiger partial charge in [-0.05, 0) is 149 Å². The van der Waals surface area contributed by atoms with E-state index in [1.807, 2.05) is 0 Å². The van der Waals surface area contributed by atoms with Gasteiger partial charge >= 0.3 is 0 Å². The van der Waals surface area contributed by atoms with Crippen molar-refractivity contribution in [2.45, 2.75) is 158 Å². The Balaban J connectivity index is 1.44. The molecule has 0 aliphatic carbocycles. The molecule has 8 aromatic rings. The van der Waals surface area contributed by atoms with E-state index in [1.54, 1.807) is 0 Å². The van der Waals surface area contributed by atoms with Crippen molar-refractivity contribution in [1.29, 1.82) is 0 Å². The summed E-state index contributed by atoms with van der Waals surface area (Å²) >= 11 is 0. The maximum atomic E-state index is 12.6. The summed E-state index contributed by atoms with van der Waals surface area (Å²) in [6.45, 7) is 38.8. The van der Waals surface area contributed by atoms with E-state index < -0.39 is 0 Å². The fraction of sp³-hybridized carbons (Fsp3) is 0.352. The smallest absolute Gasteiger partial charge is 0.213 e. The largest absolute Gasteiger partial charge is 0.507 e. The Morgan fingerprint density at radius 1 is 0.378 bits per heavy atom. The predicted molar refractivity (Wildman–Crippen MR) is 318 cm³/mol.